The SMILES string of the molecule is N#Cc1ccc(NC(=O)C2CSCN2C(=O)C2CC(=O)N(c3ccccc3F)C2)cc1. The van der Waals surface area contributed by atoms with Crippen LogP contribution in [0.3, 0.4) is 0 Å². The lowest BCUT2D eigenvalue weighted by atomic mass is 10.1. The van der Waals surface area contributed by atoms with Gasteiger partial charge in [-0.3, -0.25) is 14.4 Å². The van der Waals surface area contributed by atoms with Crippen molar-refractivity contribution in [2.45, 2.75) is 12.5 Å². The highest BCUT2D eigenvalue weighted by molar-refractivity contribution is 7.99. The molecule has 4 rings (SSSR count). The van der Waals surface area contributed by atoms with Crippen molar-refractivity contribution in [2.24, 2.45) is 5.92 Å². The third-order valence-corrected chi connectivity index (χ3v) is 6.38. The van der Waals surface area contributed by atoms with Gasteiger partial charge in [0.15, 0.2) is 0 Å². The number of para-hydroxylation sites is 1. The molecule has 2 aliphatic heterocycles. The summed E-state index contributed by atoms with van der Waals surface area (Å²) in [6, 6.07) is 13.8. The lowest BCUT2D eigenvalue weighted by Crippen LogP contribution is -2.47. The number of nitrogens with one attached hydrogen (secondary N) is 1. The molecule has 0 aromatic heterocycles. The summed E-state index contributed by atoms with van der Waals surface area (Å²) in [4.78, 5) is 41.2. The van der Waals surface area contributed by atoms with E-state index in [9.17, 15) is 18.8 Å². The van der Waals surface area contributed by atoms with Crippen LogP contribution in [0.2, 0.25) is 0 Å². The fraction of sp³-hybridized carbons (Fsp3) is 0.273. The number of nitriles is 1. The van der Waals surface area contributed by atoms with Gasteiger partial charge in [-0.2, -0.15) is 5.26 Å². The van der Waals surface area contributed by atoms with Gasteiger partial charge in [0.25, 0.3) is 0 Å². The van der Waals surface area contributed by atoms with Crippen molar-refractivity contribution in [1.29, 1.82) is 5.26 Å². The Morgan fingerprint density at radius 3 is 2.61 bits per heavy atom. The minimum atomic E-state index is -0.661. The molecule has 0 aliphatic carbocycles. The second-order valence-electron chi connectivity index (χ2n) is 7.36. The van der Waals surface area contributed by atoms with E-state index in [1.807, 2.05) is 6.07 Å². The molecule has 3 amide bonds. The molecule has 2 atom stereocenters. The summed E-state index contributed by atoms with van der Waals surface area (Å²) < 4.78 is 14.1. The van der Waals surface area contributed by atoms with Crippen LogP contribution in [0, 0.1) is 23.1 Å². The smallest absolute Gasteiger partial charge is 0.248 e. The van der Waals surface area contributed by atoms with Gasteiger partial charge in [-0.15, -0.1) is 11.8 Å². The molecule has 158 valence electrons. The molecule has 2 aliphatic rings. The second-order valence-corrected chi connectivity index (χ2v) is 8.36. The van der Waals surface area contributed by atoms with Gasteiger partial charge in [-0.25, -0.2) is 4.39 Å². The van der Waals surface area contributed by atoms with E-state index in [2.05, 4.69) is 5.32 Å². The van der Waals surface area contributed by atoms with Crippen LogP contribution in [0.4, 0.5) is 15.8 Å². The van der Waals surface area contributed by atoms with Crippen molar-refractivity contribution in [3.8, 4) is 6.07 Å². The number of carbonyl (C=O) groups is 3. The Kier molecular flexibility index (Phi) is 5.91. The van der Waals surface area contributed by atoms with Crippen molar-refractivity contribution in [3.63, 3.8) is 0 Å². The third-order valence-electron chi connectivity index (χ3n) is 5.37. The third kappa shape index (κ3) is 4.25. The predicted octanol–water partition coefficient (Wildman–Crippen LogP) is 2.59. The Hall–Kier alpha value is -3.38. The Bertz CT molecular complexity index is 1070. The zero-order valence-electron chi connectivity index (χ0n) is 16.5. The summed E-state index contributed by atoms with van der Waals surface area (Å²) >= 11 is 1.47. The number of hydrogen-bond donors (Lipinski definition) is 1. The fourth-order valence-electron chi connectivity index (χ4n) is 3.74. The highest BCUT2D eigenvalue weighted by Gasteiger charge is 2.42. The van der Waals surface area contributed by atoms with Crippen molar-refractivity contribution < 1.29 is 18.8 Å². The topological polar surface area (TPSA) is 93.5 Å². The molecular weight excluding hydrogens is 419 g/mol. The van der Waals surface area contributed by atoms with E-state index >= 15 is 0 Å². The molecule has 0 bridgehead atoms. The van der Waals surface area contributed by atoms with Gasteiger partial charge in [0.1, 0.15) is 11.9 Å². The Morgan fingerprint density at radius 1 is 1.16 bits per heavy atom. The molecule has 0 saturated carbocycles. The number of nitrogens with zero attached hydrogens (tertiary/aromatic N) is 3. The first-order chi connectivity index (χ1) is 15.0. The molecule has 0 spiro atoms. The zero-order chi connectivity index (χ0) is 22.0. The number of carbonyl (C=O) groups excluding carboxylic acids is 3. The molecule has 9 heteroatoms. The first kappa shape index (κ1) is 20.9. The number of benzene rings is 2. The Morgan fingerprint density at radius 2 is 1.90 bits per heavy atom. The maximum atomic E-state index is 14.1. The molecule has 7 nitrogen and oxygen atoms in total. The normalized spacial score (nSPS) is 20.6. The number of amides is 3. The highest BCUT2D eigenvalue weighted by atomic mass is 32.2. The molecule has 2 unspecified atom stereocenters. The first-order valence-corrected chi connectivity index (χ1v) is 10.9. The van der Waals surface area contributed by atoms with E-state index < -0.39 is 17.8 Å². The van der Waals surface area contributed by atoms with Crippen LogP contribution in [0.5, 0.6) is 0 Å². The first-order valence-electron chi connectivity index (χ1n) is 9.72. The molecule has 2 fully saturated rings. The molecular formula is C22H19FN4O3S. The summed E-state index contributed by atoms with van der Waals surface area (Å²) in [5.74, 6) is -1.25. The summed E-state index contributed by atoms with van der Waals surface area (Å²) in [5.41, 5.74) is 1.18. The molecule has 2 saturated heterocycles. The number of thioether (sulfide) groups is 1. The van der Waals surface area contributed by atoms with Crippen LogP contribution < -0.4 is 10.2 Å². The Balaban J connectivity index is 1.44. The summed E-state index contributed by atoms with van der Waals surface area (Å²) in [6.45, 7) is 0.0870. The summed E-state index contributed by atoms with van der Waals surface area (Å²) in [7, 11) is 0. The van der Waals surface area contributed by atoms with Crippen molar-refractivity contribution in [3.05, 3.63) is 59.9 Å². The van der Waals surface area contributed by atoms with Gasteiger partial charge < -0.3 is 15.1 Å². The number of rotatable bonds is 4. The fourth-order valence-corrected chi connectivity index (χ4v) is 4.91. The number of halogens is 1. The van der Waals surface area contributed by atoms with Gasteiger partial charge in [-0.1, -0.05) is 12.1 Å². The summed E-state index contributed by atoms with van der Waals surface area (Å²) in [6.07, 6.45) is -0.0156. The Labute approximate surface area is 182 Å². The van der Waals surface area contributed by atoms with Crippen LogP contribution in [0.1, 0.15) is 12.0 Å². The molecule has 0 radical (unpaired) electrons. The highest BCUT2D eigenvalue weighted by Crippen LogP contribution is 2.31. The predicted molar refractivity (Wildman–Crippen MR) is 115 cm³/mol. The zero-order valence-corrected chi connectivity index (χ0v) is 17.3. The maximum Gasteiger partial charge on any atom is 0.248 e. The maximum absolute atomic E-state index is 14.1. The molecule has 1 N–H and O–H groups in total. The largest absolute Gasteiger partial charge is 0.324 e. The van der Waals surface area contributed by atoms with Gasteiger partial charge in [0, 0.05) is 24.4 Å². The standard InChI is InChI=1S/C22H19FN4O3S/c23-17-3-1-2-4-18(17)26-11-15(9-20(26)28)22(30)27-13-31-12-19(27)21(29)25-16-7-5-14(10-24)6-8-16/h1-8,15,19H,9,11-13H2,(H,25,29). The average molecular weight is 438 g/mol. The molecule has 2 aromatic rings. The van der Waals surface area contributed by atoms with Crippen molar-refractivity contribution in [1.82, 2.24) is 4.90 Å². The second kappa shape index (κ2) is 8.78. The van der Waals surface area contributed by atoms with Crippen LogP contribution in [0.15, 0.2) is 48.5 Å². The van der Waals surface area contributed by atoms with Gasteiger partial charge >= 0.3 is 0 Å². The van der Waals surface area contributed by atoms with Crippen LogP contribution in [-0.4, -0.2) is 46.8 Å². The number of hydrogen-bond acceptors (Lipinski definition) is 5. The van der Waals surface area contributed by atoms with E-state index in [1.54, 1.807) is 36.4 Å². The minimum absolute atomic E-state index is 0.0156. The summed E-state index contributed by atoms with van der Waals surface area (Å²) in [5, 5.41) is 11.7. The van der Waals surface area contributed by atoms with E-state index in [1.165, 1.54) is 33.7 Å². The van der Waals surface area contributed by atoms with Crippen LogP contribution in [0.25, 0.3) is 0 Å². The van der Waals surface area contributed by atoms with Gasteiger partial charge in [0.2, 0.25) is 17.7 Å². The van der Waals surface area contributed by atoms with E-state index in [0.29, 0.717) is 22.9 Å². The molecule has 2 heterocycles. The van der Waals surface area contributed by atoms with E-state index in [-0.39, 0.29) is 36.4 Å². The molecule has 2 aromatic carbocycles. The van der Waals surface area contributed by atoms with Crippen molar-refractivity contribution >= 4 is 40.9 Å². The monoisotopic (exact) mass is 438 g/mol. The van der Waals surface area contributed by atoms with Crippen molar-refractivity contribution in [2.75, 3.05) is 28.4 Å². The van der Waals surface area contributed by atoms with Gasteiger partial charge in [0.05, 0.1) is 29.1 Å². The quantitative estimate of drug-likeness (QED) is 0.792. The minimum Gasteiger partial charge on any atom is -0.324 e. The lowest BCUT2D eigenvalue weighted by molar-refractivity contribution is -0.139. The van der Waals surface area contributed by atoms with E-state index in [0.717, 1.165) is 0 Å². The van der Waals surface area contributed by atoms with E-state index in [4.69, 9.17) is 5.26 Å². The van der Waals surface area contributed by atoms with Crippen LogP contribution >= 0.6 is 11.8 Å². The average Bonchev–Trinajstić information content (AvgIpc) is 3.41. The van der Waals surface area contributed by atoms with Crippen LogP contribution in [-0.2, 0) is 14.4 Å². The lowest BCUT2D eigenvalue weighted by Gasteiger charge is -2.26. The molecule has 31 heavy (non-hydrogen) atoms. The number of anilines is 2. The van der Waals surface area contributed by atoms with Gasteiger partial charge in [-0.05, 0) is 36.4 Å².